The first-order valence-electron chi connectivity index (χ1n) is 6.05. The summed E-state index contributed by atoms with van der Waals surface area (Å²) in [6, 6.07) is 7.56. The van der Waals surface area contributed by atoms with Gasteiger partial charge in [-0.2, -0.15) is 0 Å². The van der Waals surface area contributed by atoms with Gasteiger partial charge in [0.15, 0.2) is 5.70 Å². The average molecular weight is 335 g/mol. The minimum absolute atomic E-state index is 0.0470. The van der Waals surface area contributed by atoms with E-state index in [-0.39, 0.29) is 22.3 Å². The van der Waals surface area contributed by atoms with Gasteiger partial charge in [-0.15, -0.1) is 11.3 Å². The largest absolute Gasteiger partial charge is 0.401 e. The number of ether oxygens (including phenoxy) is 1. The Bertz CT molecular complexity index is 827. The van der Waals surface area contributed by atoms with Crippen molar-refractivity contribution in [2.75, 3.05) is 0 Å². The predicted octanol–water partition coefficient (Wildman–Crippen LogP) is 3.65. The van der Waals surface area contributed by atoms with Crippen molar-refractivity contribution in [2.24, 2.45) is 4.99 Å². The monoisotopic (exact) mass is 334 g/mol. The van der Waals surface area contributed by atoms with E-state index in [1.165, 1.54) is 35.6 Å². The lowest BCUT2D eigenvalue weighted by atomic mass is 10.1. The molecular weight excluding hydrogens is 328 g/mol. The van der Waals surface area contributed by atoms with Crippen molar-refractivity contribution in [1.82, 2.24) is 0 Å². The molecular formula is C14H7ClN2O4S. The van der Waals surface area contributed by atoms with Crippen molar-refractivity contribution in [3.05, 3.63) is 67.0 Å². The van der Waals surface area contributed by atoms with E-state index in [9.17, 15) is 14.9 Å². The van der Waals surface area contributed by atoms with E-state index in [4.69, 9.17) is 16.3 Å². The predicted molar refractivity (Wildman–Crippen MR) is 83.0 cm³/mol. The highest BCUT2D eigenvalue weighted by Gasteiger charge is 2.25. The van der Waals surface area contributed by atoms with Gasteiger partial charge in [0, 0.05) is 22.7 Å². The SMILES string of the molecule is O=C1OC(c2cccs2)=N/C1=C\c1cc([N+](=O)[O-])ccc1Cl. The number of nitro benzene ring substituents is 1. The summed E-state index contributed by atoms with van der Waals surface area (Å²) in [5, 5.41) is 12.9. The fourth-order valence-corrected chi connectivity index (χ4v) is 2.64. The Morgan fingerprint density at radius 1 is 1.36 bits per heavy atom. The quantitative estimate of drug-likeness (QED) is 0.371. The number of hydrogen-bond acceptors (Lipinski definition) is 6. The van der Waals surface area contributed by atoms with E-state index in [1.807, 2.05) is 11.4 Å². The van der Waals surface area contributed by atoms with E-state index in [1.54, 1.807) is 6.07 Å². The Morgan fingerprint density at radius 2 is 2.18 bits per heavy atom. The molecule has 8 heteroatoms. The lowest BCUT2D eigenvalue weighted by molar-refractivity contribution is -0.384. The second-order valence-electron chi connectivity index (χ2n) is 4.28. The summed E-state index contributed by atoms with van der Waals surface area (Å²) in [5.41, 5.74) is 0.259. The molecule has 22 heavy (non-hydrogen) atoms. The smallest absolute Gasteiger partial charge is 0.363 e. The number of non-ortho nitro benzene ring substituents is 1. The Labute approximate surface area is 133 Å². The number of rotatable bonds is 3. The van der Waals surface area contributed by atoms with E-state index in [0.29, 0.717) is 5.56 Å². The first-order chi connectivity index (χ1) is 10.5. The molecule has 110 valence electrons. The summed E-state index contributed by atoms with van der Waals surface area (Å²) in [7, 11) is 0. The molecule has 0 N–H and O–H groups in total. The second kappa shape index (κ2) is 5.70. The molecule has 0 bridgehead atoms. The molecule has 0 spiro atoms. The molecule has 6 nitrogen and oxygen atoms in total. The van der Waals surface area contributed by atoms with Gasteiger partial charge in [0.2, 0.25) is 5.90 Å². The van der Waals surface area contributed by atoms with Crippen LogP contribution in [0.1, 0.15) is 10.4 Å². The van der Waals surface area contributed by atoms with Crippen LogP contribution in [-0.4, -0.2) is 16.8 Å². The topological polar surface area (TPSA) is 81.8 Å². The molecule has 0 fully saturated rings. The molecule has 2 aromatic rings. The summed E-state index contributed by atoms with van der Waals surface area (Å²) in [6.07, 6.45) is 1.37. The van der Waals surface area contributed by atoms with Gasteiger partial charge in [-0.05, 0) is 23.6 Å². The van der Waals surface area contributed by atoms with Crippen LogP contribution in [0.4, 0.5) is 5.69 Å². The first kappa shape index (κ1) is 14.4. The van der Waals surface area contributed by atoms with Gasteiger partial charge in [-0.3, -0.25) is 10.1 Å². The van der Waals surface area contributed by atoms with Gasteiger partial charge >= 0.3 is 5.97 Å². The zero-order valence-electron chi connectivity index (χ0n) is 10.9. The molecule has 1 aromatic heterocycles. The summed E-state index contributed by atoms with van der Waals surface area (Å²) < 4.78 is 5.08. The van der Waals surface area contributed by atoms with Gasteiger partial charge in [0.05, 0.1) is 9.80 Å². The van der Waals surface area contributed by atoms with Crippen LogP contribution in [0.25, 0.3) is 6.08 Å². The van der Waals surface area contributed by atoms with Crippen LogP contribution in [0.5, 0.6) is 0 Å². The molecule has 0 amide bonds. The molecule has 1 aliphatic rings. The van der Waals surface area contributed by atoms with Crippen LogP contribution in [0.15, 0.2) is 46.4 Å². The maximum atomic E-state index is 11.8. The lowest BCUT2D eigenvalue weighted by Gasteiger charge is -1.98. The van der Waals surface area contributed by atoms with E-state index < -0.39 is 10.9 Å². The first-order valence-corrected chi connectivity index (χ1v) is 7.31. The number of carbonyl (C=O) groups excluding carboxylic acids is 1. The second-order valence-corrected chi connectivity index (χ2v) is 5.63. The minimum atomic E-state index is -0.619. The molecule has 3 rings (SSSR count). The number of thiophene rings is 1. The third-order valence-corrected chi connectivity index (χ3v) is 4.04. The highest BCUT2D eigenvalue weighted by Crippen LogP contribution is 2.27. The van der Waals surface area contributed by atoms with Gasteiger partial charge in [-0.25, -0.2) is 9.79 Å². The average Bonchev–Trinajstić information content (AvgIpc) is 3.11. The van der Waals surface area contributed by atoms with Gasteiger partial charge < -0.3 is 4.74 Å². The Kier molecular flexibility index (Phi) is 3.74. The van der Waals surface area contributed by atoms with Crippen LogP contribution < -0.4 is 0 Å². The summed E-state index contributed by atoms with van der Waals surface area (Å²) in [6.45, 7) is 0. The highest BCUT2D eigenvalue weighted by molar-refractivity contribution is 7.12. The van der Waals surface area contributed by atoms with E-state index in [2.05, 4.69) is 4.99 Å². The summed E-state index contributed by atoms with van der Waals surface area (Å²) in [5.74, 6) is -0.404. The lowest BCUT2D eigenvalue weighted by Crippen LogP contribution is -2.03. The third kappa shape index (κ3) is 2.76. The van der Waals surface area contributed by atoms with Crippen LogP contribution in [0.2, 0.25) is 5.02 Å². The van der Waals surface area contributed by atoms with Crippen molar-refractivity contribution in [2.45, 2.75) is 0 Å². The molecule has 0 atom stereocenters. The number of nitrogens with zero attached hydrogens (tertiary/aromatic N) is 2. The number of benzene rings is 1. The zero-order chi connectivity index (χ0) is 15.7. The molecule has 0 saturated carbocycles. The summed E-state index contributed by atoms with van der Waals surface area (Å²) in [4.78, 5) is 26.9. The third-order valence-electron chi connectivity index (χ3n) is 2.84. The number of carbonyl (C=O) groups is 1. The number of cyclic esters (lactones) is 1. The standard InChI is InChI=1S/C14H7ClN2O4S/c15-10-4-3-9(17(19)20)6-8(10)7-11-14(18)21-13(16-11)12-2-1-5-22-12/h1-7H/b11-7-. The highest BCUT2D eigenvalue weighted by atomic mass is 35.5. The molecule has 1 aliphatic heterocycles. The number of aliphatic imine (C=N–C) groups is 1. The summed E-state index contributed by atoms with van der Waals surface area (Å²) >= 11 is 7.39. The van der Waals surface area contributed by atoms with Gasteiger partial charge in [0.25, 0.3) is 5.69 Å². The van der Waals surface area contributed by atoms with Crippen molar-refractivity contribution in [1.29, 1.82) is 0 Å². The maximum Gasteiger partial charge on any atom is 0.363 e. The van der Waals surface area contributed by atoms with Crippen molar-refractivity contribution >= 4 is 46.6 Å². The van der Waals surface area contributed by atoms with Gasteiger partial charge in [-0.1, -0.05) is 17.7 Å². The molecule has 2 heterocycles. The van der Waals surface area contributed by atoms with Crippen LogP contribution in [0.3, 0.4) is 0 Å². The number of nitro groups is 1. The number of esters is 1. The molecule has 0 radical (unpaired) electrons. The van der Waals surface area contributed by atoms with E-state index >= 15 is 0 Å². The molecule has 0 unspecified atom stereocenters. The fourth-order valence-electron chi connectivity index (χ4n) is 1.82. The Balaban J connectivity index is 2.00. The number of hydrogen-bond donors (Lipinski definition) is 0. The van der Waals surface area contributed by atoms with Crippen LogP contribution in [0, 0.1) is 10.1 Å². The molecule has 0 aliphatic carbocycles. The van der Waals surface area contributed by atoms with Crippen molar-refractivity contribution < 1.29 is 14.5 Å². The van der Waals surface area contributed by atoms with E-state index in [0.717, 1.165) is 4.88 Å². The molecule has 0 saturated heterocycles. The zero-order valence-corrected chi connectivity index (χ0v) is 12.4. The fraction of sp³-hybridized carbons (Fsp3) is 0. The Morgan fingerprint density at radius 3 is 2.86 bits per heavy atom. The van der Waals surface area contributed by atoms with Gasteiger partial charge in [0.1, 0.15) is 0 Å². The van der Waals surface area contributed by atoms with Crippen LogP contribution in [-0.2, 0) is 9.53 Å². The Hall–Kier alpha value is -2.51. The normalized spacial score (nSPS) is 15.8. The minimum Gasteiger partial charge on any atom is -0.401 e. The van der Waals surface area contributed by atoms with Crippen molar-refractivity contribution in [3.8, 4) is 0 Å². The number of halogens is 1. The van der Waals surface area contributed by atoms with Crippen LogP contribution >= 0.6 is 22.9 Å². The van der Waals surface area contributed by atoms with Crippen molar-refractivity contribution in [3.63, 3.8) is 0 Å². The molecule has 1 aromatic carbocycles. The maximum absolute atomic E-state index is 11.8.